The van der Waals surface area contributed by atoms with Crippen LogP contribution in [0.25, 0.3) is 0 Å². The lowest BCUT2D eigenvalue weighted by Gasteiger charge is -2.11. The highest BCUT2D eigenvalue weighted by Crippen LogP contribution is 2.13. The fraction of sp³-hybridized carbons (Fsp3) is 0.636. The third-order valence-electron chi connectivity index (χ3n) is 4.35. The van der Waals surface area contributed by atoms with Crippen LogP contribution < -0.4 is 4.74 Å². The maximum Gasteiger partial charge on any atom is 0.118 e. The standard InChI is InChI=1S/C22H34O3/c1-3-4-5-6-7-8-9-10-11-12-13-21(23)19-25-18-20-14-16-22(24-2)17-15-20/h1,14-17,21,23H,4-13,18-19H2,2H3. The molecule has 0 spiro atoms. The minimum atomic E-state index is -0.359. The fourth-order valence-corrected chi connectivity index (χ4v) is 2.79. The van der Waals surface area contributed by atoms with E-state index in [1.807, 2.05) is 24.3 Å². The topological polar surface area (TPSA) is 38.7 Å². The number of aliphatic hydroxyl groups excluding tert-OH is 1. The van der Waals surface area contributed by atoms with Gasteiger partial charge in [0.15, 0.2) is 0 Å². The van der Waals surface area contributed by atoms with Crippen LogP contribution in [0.4, 0.5) is 0 Å². The van der Waals surface area contributed by atoms with E-state index in [-0.39, 0.29) is 6.10 Å². The molecule has 0 heterocycles. The molecule has 1 rings (SSSR count). The Morgan fingerprint density at radius 2 is 1.56 bits per heavy atom. The van der Waals surface area contributed by atoms with E-state index in [0.717, 1.165) is 30.6 Å². The van der Waals surface area contributed by atoms with E-state index >= 15 is 0 Å². The van der Waals surface area contributed by atoms with Gasteiger partial charge in [-0.2, -0.15) is 0 Å². The molecule has 0 aliphatic carbocycles. The number of aliphatic hydroxyl groups is 1. The van der Waals surface area contributed by atoms with Gasteiger partial charge in [-0.3, -0.25) is 0 Å². The Bertz CT molecular complexity index is 461. The molecule has 0 saturated carbocycles. The smallest absolute Gasteiger partial charge is 0.118 e. The summed E-state index contributed by atoms with van der Waals surface area (Å²) in [7, 11) is 1.66. The van der Waals surface area contributed by atoms with Gasteiger partial charge < -0.3 is 14.6 Å². The number of benzene rings is 1. The molecule has 1 aromatic rings. The van der Waals surface area contributed by atoms with Crippen LogP contribution in [0.1, 0.15) is 69.8 Å². The summed E-state index contributed by atoms with van der Waals surface area (Å²) in [6.45, 7) is 0.932. The van der Waals surface area contributed by atoms with Crippen LogP contribution in [0.2, 0.25) is 0 Å². The number of hydrogen-bond donors (Lipinski definition) is 1. The second-order valence-corrected chi connectivity index (χ2v) is 6.59. The van der Waals surface area contributed by atoms with E-state index in [1.165, 1.54) is 44.9 Å². The molecule has 1 aromatic carbocycles. The zero-order valence-electron chi connectivity index (χ0n) is 15.7. The summed E-state index contributed by atoms with van der Waals surface area (Å²) >= 11 is 0. The molecule has 3 heteroatoms. The molecule has 0 fully saturated rings. The minimum absolute atomic E-state index is 0.359. The van der Waals surface area contributed by atoms with Crippen molar-refractivity contribution in [1.29, 1.82) is 0 Å². The number of unbranched alkanes of at least 4 members (excludes halogenated alkanes) is 8. The zero-order chi connectivity index (χ0) is 18.2. The Hall–Kier alpha value is -1.50. The van der Waals surface area contributed by atoms with Gasteiger partial charge in [-0.1, -0.05) is 57.1 Å². The van der Waals surface area contributed by atoms with Gasteiger partial charge in [0, 0.05) is 6.42 Å². The Balaban J connectivity index is 1.91. The summed E-state index contributed by atoms with van der Waals surface area (Å²) in [5.74, 6) is 3.53. The molecule has 3 nitrogen and oxygen atoms in total. The average molecular weight is 347 g/mol. The van der Waals surface area contributed by atoms with Crippen molar-refractivity contribution in [1.82, 2.24) is 0 Å². The van der Waals surface area contributed by atoms with Gasteiger partial charge in [0.25, 0.3) is 0 Å². The third kappa shape index (κ3) is 11.6. The normalized spacial score (nSPS) is 11.9. The Morgan fingerprint density at radius 1 is 0.960 bits per heavy atom. The van der Waals surface area contributed by atoms with Crippen LogP contribution in [0.3, 0.4) is 0 Å². The van der Waals surface area contributed by atoms with Crippen molar-refractivity contribution in [3.63, 3.8) is 0 Å². The maximum atomic E-state index is 9.97. The molecule has 25 heavy (non-hydrogen) atoms. The van der Waals surface area contributed by atoms with E-state index in [9.17, 15) is 5.11 Å². The van der Waals surface area contributed by atoms with Crippen LogP contribution in [0.5, 0.6) is 5.75 Å². The first-order chi connectivity index (χ1) is 12.3. The van der Waals surface area contributed by atoms with Gasteiger partial charge in [-0.05, 0) is 30.5 Å². The summed E-state index contributed by atoms with van der Waals surface area (Å²) in [6.07, 6.45) is 16.5. The summed E-state index contributed by atoms with van der Waals surface area (Å²) in [4.78, 5) is 0. The molecule has 0 aromatic heterocycles. The Kier molecular flexibility index (Phi) is 12.8. The summed E-state index contributed by atoms with van der Waals surface area (Å²) < 4.78 is 10.7. The summed E-state index contributed by atoms with van der Waals surface area (Å²) in [6, 6.07) is 7.81. The minimum Gasteiger partial charge on any atom is -0.497 e. The van der Waals surface area contributed by atoms with Gasteiger partial charge in [0.05, 0.1) is 26.4 Å². The van der Waals surface area contributed by atoms with Gasteiger partial charge >= 0.3 is 0 Å². The molecule has 0 bridgehead atoms. The van der Waals surface area contributed by atoms with Crippen molar-refractivity contribution in [2.24, 2.45) is 0 Å². The van der Waals surface area contributed by atoms with Crippen molar-refractivity contribution in [2.75, 3.05) is 13.7 Å². The van der Waals surface area contributed by atoms with Crippen LogP contribution in [-0.4, -0.2) is 24.9 Å². The molecule has 0 aliphatic heterocycles. The first kappa shape index (κ1) is 21.5. The van der Waals surface area contributed by atoms with Gasteiger partial charge in [0.1, 0.15) is 5.75 Å². The molecule has 1 atom stereocenters. The average Bonchev–Trinajstić information content (AvgIpc) is 2.64. The predicted molar refractivity (Wildman–Crippen MR) is 104 cm³/mol. The lowest BCUT2D eigenvalue weighted by molar-refractivity contribution is 0.0233. The summed E-state index contributed by atoms with van der Waals surface area (Å²) in [5, 5.41) is 9.97. The van der Waals surface area contributed by atoms with Crippen molar-refractivity contribution >= 4 is 0 Å². The monoisotopic (exact) mass is 346 g/mol. The van der Waals surface area contributed by atoms with E-state index in [1.54, 1.807) is 7.11 Å². The second kappa shape index (κ2) is 14.8. The van der Waals surface area contributed by atoms with Crippen LogP contribution >= 0.6 is 0 Å². The van der Waals surface area contributed by atoms with Crippen molar-refractivity contribution in [3.8, 4) is 18.1 Å². The van der Waals surface area contributed by atoms with E-state index in [0.29, 0.717) is 13.2 Å². The van der Waals surface area contributed by atoms with Crippen LogP contribution in [0.15, 0.2) is 24.3 Å². The highest BCUT2D eigenvalue weighted by Gasteiger charge is 2.04. The summed E-state index contributed by atoms with van der Waals surface area (Å²) in [5.41, 5.74) is 1.09. The Labute approximate surface area is 153 Å². The van der Waals surface area contributed by atoms with Gasteiger partial charge in [-0.25, -0.2) is 0 Å². The van der Waals surface area contributed by atoms with Crippen LogP contribution in [0, 0.1) is 12.3 Å². The molecule has 0 aliphatic rings. The molecular weight excluding hydrogens is 312 g/mol. The molecule has 1 N–H and O–H groups in total. The van der Waals surface area contributed by atoms with E-state index < -0.39 is 0 Å². The molecule has 140 valence electrons. The lowest BCUT2D eigenvalue weighted by Crippen LogP contribution is -2.15. The first-order valence-electron chi connectivity index (χ1n) is 9.58. The number of rotatable bonds is 15. The highest BCUT2D eigenvalue weighted by molar-refractivity contribution is 5.26. The number of terminal acetylenes is 1. The van der Waals surface area contributed by atoms with Crippen molar-refractivity contribution < 1.29 is 14.6 Å². The van der Waals surface area contributed by atoms with Crippen molar-refractivity contribution in [3.05, 3.63) is 29.8 Å². The number of methoxy groups -OCH3 is 1. The van der Waals surface area contributed by atoms with E-state index in [4.69, 9.17) is 15.9 Å². The molecule has 0 amide bonds. The zero-order valence-corrected chi connectivity index (χ0v) is 15.7. The first-order valence-corrected chi connectivity index (χ1v) is 9.58. The fourth-order valence-electron chi connectivity index (χ4n) is 2.79. The van der Waals surface area contributed by atoms with Crippen LogP contribution in [-0.2, 0) is 11.3 Å². The predicted octanol–water partition coefficient (Wildman–Crippen LogP) is 5.11. The molecular formula is C22H34O3. The second-order valence-electron chi connectivity index (χ2n) is 6.59. The lowest BCUT2D eigenvalue weighted by atomic mass is 10.1. The van der Waals surface area contributed by atoms with Gasteiger partial charge in [0.2, 0.25) is 0 Å². The molecule has 1 unspecified atom stereocenters. The third-order valence-corrected chi connectivity index (χ3v) is 4.35. The van der Waals surface area contributed by atoms with Crippen molar-refractivity contribution in [2.45, 2.75) is 76.9 Å². The Morgan fingerprint density at radius 3 is 2.16 bits per heavy atom. The highest BCUT2D eigenvalue weighted by atomic mass is 16.5. The number of hydrogen-bond acceptors (Lipinski definition) is 3. The maximum absolute atomic E-state index is 9.97. The largest absolute Gasteiger partial charge is 0.497 e. The SMILES string of the molecule is C#CCCCCCCCCCCC(O)COCc1ccc(OC)cc1. The number of ether oxygens (including phenoxy) is 2. The van der Waals surface area contributed by atoms with Gasteiger partial charge in [-0.15, -0.1) is 12.3 Å². The quantitative estimate of drug-likeness (QED) is 0.354. The molecule has 0 radical (unpaired) electrons. The van der Waals surface area contributed by atoms with E-state index in [2.05, 4.69) is 5.92 Å². The molecule has 0 saturated heterocycles.